The normalized spacial score (nSPS) is 17.6. The van der Waals surface area contributed by atoms with E-state index in [1.807, 2.05) is 0 Å². The van der Waals surface area contributed by atoms with Crippen LogP contribution in [0.5, 0.6) is 0 Å². The summed E-state index contributed by atoms with van der Waals surface area (Å²) in [4.78, 5) is 24.2. The van der Waals surface area contributed by atoms with Crippen LogP contribution in [0.25, 0.3) is 0 Å². The summed E-state index contributed by atoms with van der Waals surface area (Å²) in [7, 11) is 0. The average molecular weight is 711 g/mol. The van der Waals surface area contributed by atoms with Crippen molar-refractivity contribution in [2.75, 3.05) is 16.0 Å². The standard InChI is InChI=1S/C27H16Cl3F10N3O2/c28-15-2-1-14(7-11(15)9-41-17-4-3-16(31)21(20(17)32)43-24(45)22(33)34)42-23(44)19-18(25(19,29)30)10-5-12(26(35,36)37)8-13(6-10)27(38,39)40/h1-8,18-19,22,41H,9H2,(H,42,44)(H,43,45)/t18-,19+/m0/s1. The molecule has 0 saturated heterocycles. The molecular weight excluding hydrogens is 695 g/mol. The van der Waals surface area contributed by atoms with E-state index in [1.165, 1.54) is 23.5 Å². The van der Waals surface area contributed by atoms with Gasteiger partial charge < -0.3 is 16.0 Å². The predicted octanol–water partition coefficient (Wildman–Crippen LogP) is 9.00. The number of benzene rings is 3. The molecule has 45 heavy (non-hydrogen) atoms. The third-order valence-corrected chi connectivity index (χ3v) is 7.93. The highest BCUT2D eigenvalue weighted by Gasteiger charge is 2.68. The van der Waals surface area contributed by atoms with Crippen LogP contribution in [-0.2, 0) is 28.5 Å². The van der Waals surface area contributed by atoms with E-state index in [-0.39, 0.29) is 28.9 Å². The van der Waals surface area contributed by atoms with Gasteiger partial charge in [-0.05, 0) is 59.7 Å². The molecule has 1 saturated carbocycles. The van der Waals surface area contributed by atoms with E-state index in [0.717, 1.165) is 6.07 Å². The Morgan fingerprint density at radius 2 is 1.47 bits per heavy atom. The van der Waals surface area contributed by atoms with Gasteiger partial charge in [0.1, 0.15) is 15.8 Å². The van der Waals surface area contributed by atoms with Crippen LogP contribution in [0, 0.1) is 17.6 Å². The van der Waals surface area contributed by atoms with Crippen molar-refractivity contribution in [1.29, 1.82) is 0 Å². The molecule has 2 atom stereocenters. The van der Waals surface area contributed by atoms with E-state index in [4.69, 9.17) is 34.8 Å². The minimum Gasteiger partial charge on any atom is -0.378 e. The van der Waals surface area contributed by atoms with Crippen LogP contribution in [-0.4, -0.2) is 22.6 Å². The van der Waals surface area contributed by atoms with Crippen molar-refractivity contribution in [2.45, 2.75) is 35.6 Å². The molecule has 0 aliphatic heterocycles. The lowest BCUT2D eigenvalue weighted by molar-refractivity contribution is -0.143. The topological polar surface area (TPSA) is 70.2 Å². The van der Waals surface area contributed by atoms with E-state index < -0.39 is 86.5 Å². The molecule has 2 amide bonds. The zero-order chi connectivity index (χ0) is 33.6. The largest absolute Gasteiger partial charge is 0.416 e. The first-order valence-corrected chi connectivity index (χ1v) is 13.4. The number of carbonyl (C=O) groups excluding carboxylic acids is 2. The van der Waals surface area contributed by atoms with Crippen molar-refractivity contribution in [2.24, 2.45) is 5.92 Å². The van der Waals surface area contributed by atoms with Crippen molar-refractivity contribution >= 4 is 63.7 Å². The quantitative estimate of drug-likeness (QED) is 0.162. The number of nitrogens with one attached hydrogen (secondary N) is 3. The fraction of sp³-hybridized carbons (Fsp3) is 0.259. The van der Waals surface area contributed by atoms with Gasteiger partial charge in [0.15, 0.2) is 5.82 Å². The molecule has 0 spiro atoms. The zero-order valence-electron chi connectivity index (χ0n) is 21.8. The minimum absolute atomic E-state index is 0.0143. The third kappa shape index (κ3) is 7.52. The Kier molecular flexibility index (Phi) is 9.49. The first-order chi connectivity index (χ1) is 20.7. The Labute approximate surface area is 261 Å². The van der Waals surface area contributed by atoms with Crippen molar-refractivity contribution in [3.8, 4) is 0 Å². The van der Waals surface area contributed by atoms with E-state index >= 15 is 0 Å². The summed E-state index contributed by atoms with van der Waals surface area (Å²) in [6, 6.07) is 6.22. The summed E-state index contributed by atoms with van der Waals surface area (Å²) in [5.74, 6) is -8.56. The van der Waals surface area contributed by atoms with Crippen LogP contribution in [0.1, 0.15) is 28.2 Å². The molecule has 3 N–H and O–H groups in total. The second-order valence-electron chi connectivity index (χ2n) is 9.69. The monoisotopic (exact) mass is 709 g/mol. The molecule has 242 valence electrons. The number of alkyl halides is 10. The Morgan fingerprint density at radius 1 is 0.867 bits per heavy atom. The van der Waals surface area contributed by atoms with Gasteiger partial charge in [-0.3, -0.25) is 9.59 Å². The van der Waals surface area contributed by atoms with E-state index in [0.29, 0.717) is 18.2 Å². The lowest BCUT2D eigenvalue weighted by Gasteiger charge is -2.14. The van der Waals surface area contributed by atoms with Gasteiger partial charge in [-0.15, -0.1) is 23.2 Å². The van der Waals surface area contributed by atoms with Gasteiger partial charge in [-0.2, -0.15) is 35.1 Å². The summed E-state index contributed by atoms with van der Waals surface area (Å²) >= 11 is 18.4. The van der Waals surface area contributed by atoms with Crippen molar-refractivity contribution in [1.82, 2.24) is 0 Å². The van der Waals surface area contributed by atoms with Gasteiger partial charge in [0.2, 0.25) is 5.91 Å². The summed E-state index contributed by atoms with van der Waals surface area (Å²) in [5, 5.41) is 6.42. The van der Waals surface area contributed by atoms with Crippen LogP contribution in [0.2, 0.25) is 5.02 Å². The summed E-state index contributed by atoms with van der Waals surface area (Å²) in [5.41, 5.74) is -5.16. The summed E-state index contributed by atoms with van der Waals surface area (Å²) < 4.78 is 132. The molecule has 1 aliphatic rings. The highest BCUT2D eigenvalue weighted by atomic mass is 35.5. The molecule has 18 heteroatoms. The first kappa shape index (κ1) is 34.4. The molecule has 0 aromatic heterocycles. The highest BCUT2D eigenvalue weighted by Crippen LogP contribution is 2.65. The zero-order valence-corrected chi connectivity index (χ0v) is 24.1. The molecule has 1 aliphatic carbocycles. The summed E-state index contributed by atoms with van der Waals surface area (Å²) in [6.45, 7) is -0.307. The second kappa shape index (κ2) is 12.4. The maximum Gasteiger partial charge on any atom is 0.416 e. The third-order valence-electron chi connectivity index (χ3n) is 6.63. The van der Waals surface area contributed by atoms with E-state index in [9.17, 15) is 53.5 Å². The lowest BCUT2D eigenvalue weighted by atomic mass is 10.0. The molecule has 0 radical (unpaired) electrons. The van der Waals surface area contributed by atoms with Crippen LogP contribution in [0.15, 0.2) is 48.5 Å². The Morgan fingerprint density at radius 3 is 2.02 bits per heavy atom. The Bertz CT molecular complexity index is 1620. The van der Waals surface area contributed by atoms with Crippen LogP contribution in [0.3, 0.4) is 0 Å². The van der Waals surface area contributed by atoms with Gasteiger partial charge in [-0.1, -0.05) is 11.6 Å². The number of carbonyl (C=O) groups is 2. The number of hydrogen-bond donors (Lipinski definition) is 3. The molecular formula is C27H16Cl3F10N3O2. The molecule has 0 heterocycles. The Hall–Kier alpha value is -3.43. The van der Waals surface area contributed by atoms with Gasteiger partial charge in [0.25, 0.3) is 5.91 Å². The number of rotatable bonds is 8. The van der Waals surface area contributed by atoms with E-state index in [1.54, 1.807) is 0 Å². The number of hydrogen-bond acceptors (Lipinski definition) is 3. The smallest absolute Gasteiger partial charge is 0.378 e. The number of anilines is 3. The fourth-order valence-corrected chi connectivity index (χ4v) is 5.42. The van der Waals surface area contributed by atoms with Crippen molar-refractivity contribution in [3.05, 3.63) is 87.4 Å². The molecule has 3 aromatic rings. The average Bonchev–Trinajstić information content (AvgIpc) is 3.52. The van der Waals surface area contributed by atoms with E-state index in [2.05, 4.69) is 10.6 Å². The molecule has 3 aromatic carbocycles. The molecule has 1 fully saturated rings. The molecule has 0 unspecified atom stereocenters. The lowest BCUT2D eigenvalue weighted by Crippen LogP contribution is -2.22. The van der Waals surface area contributed by atoms with Crippen LogP contribution >= 0.6 is 34.8 Å². The van der Waals surface area contributed by atoms with Crippen molar-refractivity contribution in [3.63, 3.8) is 0 Å². The number of halogens is 13. The SMILES string of the molecule is O=C(Nc1c(F)ccc(NCc2cc(NC(=O)[C@H]3[C@H](c4cc(C(F)(F)F)cc(C(F)(F)F)c4)C3(Cl)Cl)ccc2Cl)c1F)C(F)F. The van der Waals surface area contributed by atoms with Gasteiger partial charge in [0.05, 0.1) is 22.7 Å². The fourth-order valence-electron chi connectivity index (χ4n) is 4.41. The van der Waals surface area contributed by atoms with Crippen LogP contribution < -0.4 is 16.0 Å². The second-order valence-corrected chi connectivity index (χ2v) is 11.5. The summed E-state index contributed by atoms with van der Waals surface area (Å²) in [6.07, 6.45) is -13.8. The predicted molar refractivity (Wildman–Crippen MR) is 146 cm³/mol. The van der Waals surface area contributed by atoms with Gasteiger partial charge in [-0.25, -0.2) is 8.78 Å². The maximum atomic E-state index is 14.7. The molecule has 5 nitrogen and oxygen atoms in total. The number of amides is 2. The van der Waals surface area contributed by atoms with Crippen LogP contribution in [0.4, 0.5) is 61.0 Å². The molecule has 4 rings (SSSR count). The Balaban J connectivity index is 1.52. The maximum absolute atomic E-state index is 14.7. The highest BCUT2D eigenvalue weighted by molar-refractivity contribution is 6.53. The minimum atomic E-state index is -5.14. The molecule has 0 bridgehead atoms. The van der Waals surface area contributed by atoms with Gasteiger partial charge >= 0.3 is 18.8 Å². The first-order valence-electron chi connectivity index (χ1n) is 12.3. The van der Waals surface area contributed by atoms with Gasteiger partial charge in [0, 0.05) is 23.2 Å². The van der Waals surface area contributed by atoms with Crippen molar-refractivity contribution < 1.29 is 53.5 Å².